The molecule has 0 spiro atoms. The number of carbonyl (C=O) groups is 1. The lowest BCUT2D eigenvalue weighted by molar-refractivity contribution is -0.121. The highest BCUT2D eigenvalue weighted by Gasteiger charge is 2.28. The van der Waals surface area contributed by atoms with Crippen LogP contribution in [0.15, 0.2) is 0 Å². The van der Waals surface area contributed by atoms with E-state index in [0.717, 1.165) is 37.5 Å². The summed E-state index contributed by atoms with van der Waals surface area (Å²) in [7, 11) is 0. The zero-order chi connectivity index (χ0) is 10.6. The highest BCUT2D eigenvalue weighted by Crippen LogP contribution is 2.32. The van der Waals surface area contributed by atoms with Crippen LogP contribution in [0.5, 0.6) is 0 Å². The molecule has 0 saturated heterocycles. The molecule has 0 amide bonds. The van der Waals surface area contributed by atoms with Gasteiger partial charge in [-0.3, -0.25) is 4.79 Å². The number of hydrogen-bond donors (Lipinski definition) is 0. The second-order valence-corrected chi connectivity index (χ2v) is 4.85. The summed E-state index contributed by atoms with van der Waals surface area (Å²) in [5.41, 5.74) is 0. The van der Waals surface area contributed by atoms with Gasteiger partial charge in [-0.05, 0) is 31.1 Å². The van der Waals surface area contributed by atoms with Crippen molar-refractivity contribution in [2.45, 2.75) is 59.3 Å². The lowest BCUT2D eigenvalue weighted by Gasteiger charge is -2.23. The lowest BCUT2D eigenvalue weighted by Crippen LogP contribution is -2.17. The minimum Gasteiger partial charge on any atom is -0.299 e. The summed E-state index contributed by atoms with van der Waals surface area (Å²) in [6.45, 7) is 6.84. The van der Waals surface area contributed by atoms with Crippen molar-refractivity contribution < 1.29 is 4.79 Å². The molecule has 1 saturated carbocycles. The van der Waals surface area contributed by atoms with Crippen molar-refractivity contribution in [3.63, 3.8) is 0 Å². The van der Waals surface area contributed by atoms with Gasteiger partial charge in [-0.25, -0.2) is 0 Å². The molecule has 1 aliphatic carbocycles. The molecule has 0 aromatic rings. The van der Waals surface area contributed by atoms with E-state index in [2.05, 4.69) is 20.8 Å². The van der Waals surface area contributed by atoms with Gasteiger partial charge in [0.15, 0.2) is 0 Å². The Labute approximate surface area is 88.3 Å². The van der Waals surface area contributed by atoms with Crippen molar-refractivity contribution in [2.24, 2.45) is 17.8 Å². The summed E-state index contributed by atoms with van der Waals surface area (Å²) in [5.74, 6) is 2.50. The van der Waals surface area contributed by atoms with Crippen molar-refractivity contribution in [3.8, 4) is 0 Å². The minimum absolute atomic E-state index is 0.411. The maximum Gasteiger partial charge on any atom is 0.135 e. The Balaban J connectivity index is 2.43. The lowest BCUT2D eigenvalue weighted by atomic mass is 9.81. The topological polar surface area (TPSA) is 17.1 Å². The van der Waals surface area contributed by atoms with Gasteiger partial charge in [-0.15, -0.1) is 0 Å². The first kappa shape index (κ1) is 11.7. The molecule has 1 rings (SSSR count). The molecule has 82 valence electrons. The molecule has 14 heavy (non-hydrogen) atoms. The Morgan fingerprint density at radius 1 is 1.36 bits per heavy atom. The first-order valence-electron chi connectivity index (χ1n) is 6.21. The number of Topliss-reactive ketones (excluding diaryl/α,β-unsaturated/α-hetero) is 1. The highest BCUT2D eigenvalue weighted by atomic mass is 16.1. The standard InChI is InChI=1S/C13H24O/c1-4-10(3)11(5-2)9-12-7-6-8-13(12)14/h10-12H,4-9H2,1-3H3. The Bertz CT molecular complexity index is 186. The Hall–Kier alpha value is -0.330. The average Bonchev–Trinajstić information content (AvgIpc) is 2.59. The smallest absolute Gasteiger partial charge is 0.135 e. The van der Waals surface area contributed by atoms with Crippen LogP contribution in [0.25, 0.3) is 0 Å². The van der Waals surface area contributed by atoms with Crippen LogP contribution in [0, 0.1) is 17.8 Å². The summed E-state index contributed by atoms with van der Waals surface area (Å²) in [4.78, 5) is 11.5. The van der Waals surface area contributed by atoms with Gasteiger partial charge in [0.05, 0.1) is 0 Å². The predicted octanol–water partition coefficient (Wildman–Crippen LogP) is 3.82. The zero-order valence-electron chi connectivity index (χ0n) is 9.88. The third kappa shape index (κ3) is 2.83. The molecular weight excluding hydrogens is 172 g/mol. The zero-order valence-corrected chi connectivity index (χ0v) is 9.88. The molecule has 0 heterocycles. The molecular formula is C13H24O. The van der Waals surface area contributed by atoms with Gasteiger partial charge in [-0.2, -0.15) is 0 Å². The Morgan fingerprint density at radius 2 is 2.07 bits per heavy atom. The molecule has 1 aliphatic rings. The summed E-state index contributed by atoms with van der Waals surface area (Å²) >= 11 is 0. The van der Waals surface area contributed by atoms with E-state index in [1.807, 2.05) is 0 Å². The van der Waals surface area contributed by atoms with E-state index in [-0.39, 0.29) is 0 Å². The molecule has 0 N–H and O–H groups in total. The second kappa shape index (κ2) is 5.53. The quantitative estimate of drug-likeness (QED) is 0.653. The first-order chi connectivity index (χ1) is 6.69. The van der Waals surface area contributed by atoms with E-state index in [1.165, 1.54) is 12.8 Å². The summed E-state index contributed by atoms with van der Waals surface area (Å²) in [6, 6.07) is 0. The summed E-state index contributed by atoms with van der Waals surface area (Å²) < 4.78 is 0. The Morgan fingerprint density at radius 3 is 2.50 bits per heavy atom. The fourth-order valence-electron chi connectivity index (χ4n) is 2.64. The average molecular weight is 196 g/mol. The van der Waals surface area contributed by atoms with Gasteiger partial charge in [-0.1, -0.05) is 33.6 Å². The molecule has 1 fully saturated rings. The molecule has 0 aromatic heterocycles. The van der Waals surface area contributed by atoms with E-state index in [9.17, 15) is 4.79 Å². The third-order valence-corrected chi connectivity index (χ3v) is 3.99. The van der Waals surface area contributed by atoms with Crippen LogP contribution in [-0.2, 0) is 4.79 Å². The van der Waals surface area contributed by atoms with Crippen LogP contribution in [0.4, 0.5) is 0 Å². The molecule has 3 atom stereocenters. The van der Waals surface area contributed by atoms with Gasteiger partial charge in [0, 0.05) is 12.3 Å². The van der Waals surface area contributed by atoms with Crippen LogP contribution in [0.2, 0.25) is 0 Å². The highest BCUT2D eigenvalue weighted by molar-refractivity contribution is 5.82. The molecule has 1 nitrogen and oxygen atoms in total. The molecule has 0 aromatic carbocycles. The van der Waals surface area contributed by atoms with E-state index in [4.69, 9.17) is 0 Å². The molecule has 1 heteroatoms. The van der Waals surface area contributed by atoms with Crippen LogP contribution in [0.3, 0.4) is 0 Å². The van der Waals surface area contributed by atoms with Crippen LogP contribution in [-0.4, -0.2) is 5.78 Å². The molecule has 0 radical (unpaired) electrons. The van der Waals surface area contributed by atoms with Crippen LogP contribution >= 0.6 is 0 Å². The number of ketones is 1. The minimum atomic E-state index is 0.411. The second-order valence-electron chi connectivity index (χ2n) is 4.85. The SMILES string of the molecule is CCC(C)C(CC)CC1CCCC1=O. The van der Waals surface area contributed by atoms with Gasteiger partial charge in [0.25, 0.3) is 0 Å². The number of hydrogen-bond acceptors (Lipinski definition) is 1. The summed E-state index contributed by atoms with van der Waals surface area (Å²) in [6.07, 6.45) is 6.79. The molecule has 3 unspecified atom stereocenters. The van der Waals surface area contributed by atoms with Crippen LogP contribution < -0.4 is 0 Å². The largest absolute Gasteiger partial charge is 0.299 e. The van der Waals surface area contributed by atoms with E-state index < -0.39 is 0 Å². The fraction of sp³-hybridized carbons (Fsp3) is 0.923. The van der Waals surface area contributed by atoms with Crippen molar-refractivity contribution in [3.05, 3.63) is 0 Å². The Kier molecular flexibility index (Phi) is 4.64. The normalized spacial score (nSPS) is 26.5. The predicted molar refractivity (Wildman–Crippen MR) is 60.2 cm³/mol. The van der Waals surface area contributed by atoms with Gasteiger partial charge >= 0.3 is 0 Å². The number of carbonyl (C=O) groups excluding carboxylic acids is 1. The first-order valence-corrected chi connectivity index (χ1v) is 6.21. The van der Waals surface area contributed by atoms with Crippen molar-refractivity contribution in [2.75, 3.05) is 0 Å². The molecule has 0 bridgehead atoms. The van der Waals surface area contributed by atoms with E-state index in [1.54, 1.807) is 0 Å². The fourth-order valence-corrected chi connectivity index (χ4v) is 2.64. The van der Waals surface area contributed by atoms with E-state index in [0.29, 0.717) is 11.7 Å². The maximum atomic E-state index is 11.5. The van der Waals surface area contributed by atoms with Crippen LogP contribution in [0.1, 0.15) is 59.3 Å². The van der Waals surface area contributed by atoms with Crippen molar-refractivity contribution in [1.29, 1.82) is 0 Å². The van der Waals surface area contributed by atoms with Crippen molar-refractivity contribution in [1.82, 2.24) is 0 Å². The van der Waals surface area contributed by atoms with Gasteiger partial charge in [0.1, 0.15) is 5.78 Å². The van der Waals surface area contributed by atoms with Crippen molar-refractivity contribution >= 4 is 5.78 Å². The van der Waals surface area contributed by atoms with Gasteiger partial charge in [0.2, 0.25) is 0 Å². The van der Waals surface area contributed by atoms with Gasteiger partial charge < -0.3 is 0 Å². The summed E-state index contributed by atoms with van der Waals surface area (Å²) in [5, 5.41) is 0. The monoisotopic (exact) mass is 196 g/mol. The molecule has 0 aliphatic heterocycles. The number of rotatable bonds is 5. The maximum absolute atomic E-state index is 11.5. The van der Waals surface area contributed by atoms with E-state index >= 15 is 0 Å². The third-order valence-electron chi connectivity index (χ3n) is 3.99.